The van der Waals surface area contributed by atoms with Gasteiger partial charge in [0, 0.05) is 49.8 Å². The quantitative estimate of drug-likeness (QED) is 0.793. The van der Waals surface area contributed by atoms with Crippen LogP contribution in [0.3, 0.4) is 0 Å². The molecule has 5 nitrogen and oxygen atoms in total. The first-order valence-electron chi connectivity index (χ1n) is 10.9. The van der Waals surface area contributed by atoms with Crippen LogP contribution < -0.4 is 4.90 Å². The summed E-state index contributed by atoms with van der Waals surface area (Å²) in [6.07, 6.45) is 5.40. The van der Waals surface area contributed by atoms with E-state index in [1.165, 1.54) is 29.5 Å². The molecule has 0 N–H and O–H groups in total. The van der Waals surface area contributed by atoms with Crippen molar-refractivity contribution in [2.45, 2.75) is 52.9 Å². The molecule has 2 aliphatic rings. The van der Waals surface area contributed by atoms with E-state index in [9.17, 15) is 4.79 Å². The van der Waals surface area contributed by atoms with Gasteiger partial charge in [-0.1, -0.05) is 42.7 Å². The normalized spacial score (nSPS) is 17.8. The second-order valence-electron chi connectivity index (χ2n) is 8.62. The Labute approximate surface area is 174 Å². The van der Waals surface area contributed by atoms with Crippen molar-refractivity contribution in [2.24, 2.45) is 5.92 Å². The summed E-state index contributed by atoms with van der Waals surface area (Å²) >= 11 is 0. The first-order valence-corrected chi connectivity index (χ1v) is 10.9. The van der Waals surface area contributed by atoms with E-state index in [1.54, 1.807) is 0 Å². The number of aromatic nitrogens is 2. The predicted octanol–water partition coefficient (Wildman–Crippen LogP) is 3.83. The van der Waals surface area contributed by atoms with Gasteiger partial charge in [-0.15, -0.1) is 0 Å². The molecule has 0 spiro atoms. The molecule has 29 heavy (non-hydrogen) atoms. The highest BCUT2D eigenvalue weighted by Gasteiger charge is 2.30. The van der Waals surface area contributed by atoms with Crippen molar-refractivity contribution in [3.63, 3.8) is 0 Å². The second-order valence-corrected chi connectivity index (χ2v) is 8.62. The fraction of sp³-hybridized carbons (Fsp3) is 0.542. The number of anilines is 1. The maximum Gasteiger partial charge on any atom is 0.225 e. The minimum absolute atomic E-state index is 0.266. The second kappa shape index (κ2) is 8.52. The molecule has 1 amide bonds. The Hall–Kier alpha value is -2.43. The standard InChI is InChI=1S/C24H32N4O/c1-17-7-6-8-20(15-17)16-22-18(2)25-19(3)26-23(22)27-11-13-28(14-12-27)24(29)21-9-4-5-10-21/h6-8,15,21H,4-5,9-14,16H2,1-3H3. The molecule has 0 bridgehead atoms. The Morgan fingerprint density at radius 2 is 1.76 bits per heavy atom. The summed E-state index contributed by atoms with van der Waals surface area (Å²) in [5.74, 6) is 2.50. The third kappa shape index (κ3) is 4.44. The van der Waals surface area contributed by atoms with Crippen LogP contribution >= 0.6 is 0 Å². The number of benzene rings is 1. The van der Waals surface area contributed by atoms with Gasteiger partial charge in [0.1, 0.15) is 11.6 Å². The van der Waals surface area contributed by atoms with Crippen LogP contribution in [0.4, 0.5) is 5.82 Å². The summed E-state index contributed by atoms with van der Waals surface area (Å²) in [6, 6.07) is 8.65. The maximum atomic E-state index is 12.8. The van der Waals surface area contributed by atoms with E-state index in [0.717, 1.165) is 62.8 Å². The third-order valence-corrected chi connectivity index (χ3v) is 6.36. The number of carbonyl (C=O) groups is 1. The smallest absolute Gasteiger partial charge is 0.225 e. The number of hydrogen-bond donors (Lipinski definition) is 0. The van der Waals surface area contributed by atoms with Gasteiger partial charge >= 0.3 is 0 Å². The number of rotatable bonds is 4. The van der Waals surface area contributed by atoms with E-state index in [-0.39, 0.29) is 5.92 Å². The topological polar surface area (TPSA) is 49.3 Å². The highest BCUT2D eigenvalue weighted by atomic mass is 16.2. The summed E-state index contributed by atoms with van der Waals surface area (Å²) in [6.45, 7) is 9.45. The molecule has 5 heteroatoms. The van der Waals surface area contributed by atoms with Crippen molar-refractivity contribution in [3.8, 4) is 0 Å². The van der Waals surface area contributed by atoms with Crippen LogP contribution in [0.5, 0.6) is 0 Å². The molecule has 1 aliphatic heterocycles. The molecule has 0 atom stereocenters. The zero-order valence-electron chi connectivity index (χ0n) is 17.9. The Balaban J connectivity index is 1.51. The van der Waals surface area contributed by atoms with Crippen LogP contribution in [0, 0.1) is 26.7 Å². The summed E-state index contributed by atoms with van der Waals surface area (Å²) in [5.41, 5.74) is 4.82. The van der Waals surface area contributed by atoms with E-state index in [1.807, 2.05) is 6.92 Å². The number of carbonyl (C=O) groups excluding carboxylic acids is 1. The van der Waals surface area contributed by atoms with Gasteiger partial charge < -0.3 is 9.80 Å². The van der Waals surface area contributed by atoms with Crippen LogP contribution in [0.1, 0.15) is 53.9 Å². The summed E-state index contributed by atoms with van der Waals surface area (Å²) in [7, 11) is 0. The van der Waals surface area contributed by atoms with Crippen LogP contribution in [-0.4, -0.2) is 47.0 Å². The van der Waals surface area contributed by atoms with Crippen molar-refractivity contribution in [3.05, 3.63) is 52.5 Å². The monoisotopic (exact) mass is 392 g/mol. The lowest BCUT2D eigenvalue weighted by molar-refractivity contribution is -0.135. The zero-order valence-corrected chi connectivity index (χ0v) is 17.9. The van der Waals surface area contributed by atoms with Crippen LogP contribution in [0.15, 0.2) is 24.3 Å². The molecular formula is C24H32N4O. The summed E-state index contributed by atoms with van der Waals surface area (Å²) < 4.78 is 0. The Morgan fingerprint density at radius 3 is 2.45 bits per heavy atom. The molecule has 154 valence electrons. The van der Waals surface area contributed by atoms with Gasteiger partial charge in [-0.25, -0.2) is 9.97 Å². The van der Waals surface area contributed by atoms with E-state index in [0.29, 0.717) is 5.91 Å². The number of piperazine rings is 1. The first-order chi connectivity index (χ1) is 14.0. The van der Waals surface area contributed by atoms with Crippen molar-refractivity contribution in [1.82, 2.24) is 14.9 Å². The largest absolute Gasteiger partial charge is 0.353 e. The van der Waals surface area contributed by atoms with E-state index in [4.69, 9.17) is 4.98 Å². The fourth-order valence-corrected chi connectivity index (χ4v) is 4.78. The molecule has 2 fully saturated rings. The van der Waals surface area contributed by atoms with Gasteiger partial charge in [0.15, 0.2) is 0 Å². The molecule has 0 radical (unpaired) electrons. The van der Waals surface area contributed by atoms with Gasteiger partial charge in [-0.05, 0) is 39.2 Å². The highest BCUT2D eigenvalue weighted by Crippen LogP contribution is 2.29. The van der Waals surface area contributed by atoms with Crippen LogP contribution in [-0.2, 0) is 11.2 Å². The number of hydrogen-bond acceptors (Lipinski definition) is 4. The number of nitrogens with zero attached hydrogens (tertiary/aromatic N) is 4. The molecule has 1 aliphatic carbocycles. The van der Waals surface area contributed by atoms with Crippen LogP contribution in [0.2, 0.25) is 0 Å². The molecule has 1 saturated carbocycles. The lowest BCUT2D eigenvalue weighted by Crippen LogP contribution is -2.50. The zero-order chi connectivity index (χ0) is 20.4. The average Bonchev–Trinajstić information content (AvgIpc) is 3.24. The maximum absolute atomic E-state index is 12.8. The van der Waals surface area contributed by atoms with Crippen molar-refractivity contribution in [1.29, 1.82) is 0 Å². The van der Waals surface area contributed by atoms with Crippen molar-refractivity contribution in [2.75, 3.05) is 31.1 Å². The average molecular weight is 393 g/mol. The van der Waals surface area contributed by atoms with Crippen LogP contribution in [0.25, 0.3) is 0 Å². The number of amides is 1. The molecule has 1 aromatic carbocycles. The SMILES string of the molecule is Cc1cccc(Cc2c(C)nc(C)nc2N2CCN(C(=O)C3CCCC3)CC2)c1. The molecule has 1 aromatic heterocycles. The van der Waals surface area contributed by atoms with E-state index in [2.05, 4.69) is 52.9 Å². The highest BCUT2D eigenvalue weighted by molar-refractivity contribution is 5.79. The summed E-state index contributed by atoms with van der Waals surface area (Å²) in [4.78, 5) is 26.7. The van der Waals surface area contributed by atoms with E-state index >= 15 is 0 Å². The molecule has 0 unspecified atom stereocenters. The predicted molar refractivity (Wildman–Crippen MR) is 116 cm³/mol. The Morgan fingerprint density at radius 1 is 1.03 bits per heavy atom. The lowest BCUT2D eigenvalue weighted by atomic mass is 10.0. The minimum atomic E-state index is 0.266. The lowest BCUT2D eigenvalue weighted by Gasteiger charge is -2.37. The first kappa shape index (κ1) is 19.9. The molecule has 1 saturated heterocycles. The molecular weight excluding hydrogens is 360 g/mol. The molecule has 4 rings (SSSR count). The van der Waals surface area contributed by atoms with Gasteiger partial charge in [-0.3, -0.25) is 4.79 Å². The van der Waals surface area contributed by atoms with Crippen molar-refractivity contribution < 1.29 is 4.79 Å². The van der Waals surface area contributed by atoms with Crippen molar-refractivity contribution >= 4 is 11.7 Å². The van der Waals surface area contributed by atoms with E-state index < -0.39 is 0 Å². The Kier molecular flexibility index (Phi) is 5.84. The van der Waals surface area contributed by atoms with Gasteiger partial charge in [-0.2, -0.15) is 0 Å². The van der Waals surface area contributed by atoms with Gasteiger partial charge in [0.25, 0.3) is 0 Å². The fourth-order valence-electron chi connectivity index (χ4n) is 4.78. The summed E-state index contributed by atoms with van der Waals surface area (Å²) in [5, 5.41) is 0. The molecule has 2 heterocycles. The van der Waals surface area contributed by atoms with Gasteiger partial charge in [0.2, 0.25) is 5.91 Å². The Bertz CT molecular complexity index is 880. The number of aryl methyl sites for hydroxylation is 3. The minimum Gasteiger partial charge on any atom is -0.353 e. The molecule has 2 aromatic rings. The third-order valence-electron chi connectivity index (χ3n) is 6.36. The van der Waals surface area contributed by atoms with Gasteiger partial charge in [0.05, 0.1) is 0 Å².